The summed E-state index contributed by atoms with van der Waals surface area (Å²) in [6.45, 7) is 3.29. The highest BCUT2D eigenvalue weighted by atomic mass is 32.1. The monoisotopic (exact) mass is 267 g/mol. The van der Waals surface area contributed by atoms with E-state index in [2.05, 4.69) is 27.5 Å². The van der Waals surface area contributed by atoms with Gasteiger partial charge in [-0.15, -0.1) is 5.10 Å². The van der Waals surface area contributed by atoms with Crippen molar-refractivity contribution in [3.63, 3.8) is 0 Å². The van der Waals surface area contributed by atoms with Crippen LogP contribution >= 0.6 is 12.2 Å². The zero-order valence-corrected chi connectivity index (χ0v) is 11.1. The highest BCUT2D eigenvalue weighted by molar-refractivity contribution is 7.80. The first-order valence-electron chi connectivity index (χ1n) is 5.82. The highest BCUT2D eigenvalue weighted by Crippen LogP contribution is 2.11. The van der Waals surface area contributed by atoms with Gasteiger partial charge in [-0.05, 0) is 13.1 Å². The maximum atomic E-state index is 5.65. The second-order valence-electron chi connectivity index (χ2n) is 4.29. The van der Waals surface area contributed by atoms with E-state index in [9.17, 15) is 0 Å². The fourth-order valence-corrected chi connectivity index (χ4v) is 2.03. The molecule has 0 spiro atoms. The van der Waals surface area contributed by atoms with E-state index in [1.54, 1.807) is 12.3 Å². The van der Waals surface area contributed by atoms with E-state index in [-0.39, 0.29) is 6.10 Å². The Hall–Kier alpha value is -1.31. The lowest BCUT2D eigenvalue weighted by Crippen LogP contribution is -2.43. The number of anilines is 1. The Morgan fingerprint density at radius 2 is 2.56 bits per heavy atom. The summed E-state index contributed by atoms with van der Waals surface area (Å²) in [5.74, 6) is 0.613. The third-order valence-electron chi connectivity index (χ3n) is 2.83. The first-order chi connectivity index (χ1) is 8.66. The number of rotatable bonds is 4. The third kappa shape index (κ3) is 3.34. The van der Waals surface area contributed by atoms with Crippen LogP contribution in [0.2, 0.25) is 0 Å². The number of thiocarbonyl (C=S) groups is 1. The molecule has 7 heteroatoms. The van der Waals surface area contributed by atoms with Crippen molar-refractivity contribution in [3.05, 3.63) is 17.8 Å². The maximum Gasteiger partial charge on any atom is 0.159 e. The Balaban J connectivity index is 1.95. The van der Waals surface area contributed by atoms with Gasteiger partial charge in [-0.25, -0.2) is 0 Å². The van der Waals surface area contributed by atoms with Gasteiger partial charge in [0.05, 0.1) is 24.5 Å². The van der Waals surface area contributed by atoms with Gasteiger partial charge in [0.15, 0.2) is 5.82 Å². The molecule has 1 saturated heterocycles. The molecule has 1 atom stereocenters. The summed E-state index contributed by atoms with van der Waals surface area (Å²) >= 11 is 4.97. The van der Waals surface area contributed by atoms with Crippen molar-refractivity contribution in [2.75, 3.05) is 38.6 Å². The molecule has 1 aliphatic rings. The highest BCUT2D eigenvalue weighted by Gasteiger charge is 2.18. The fourth-order valence-electron chi connectivity index (χ4n) is 1.86. The van der Waals surface area contributed by atoms with Crippen LogP contribution < -0.4 is 11.1 Å². The minimum atomic E-state index is 0.143. The Morgan fingerprint density at radius 1 is 1.72 bits per heavy atom. The van der Waals surface area contributed by atoms with Gasteiger partial charge >= 0.3 is 0 Å². The molecule has 1 aromatic heterocycles. The Kier molecular flexibility index (Phi) is 4.40. The van der Waals surface area contributed by atoms with Crippen molar-refractivity contribution in [2.24, 2.45) is 5.73 Å². The second-order valence-corrected chi connectivity index (χ2v) is 4.73. The van der Waals surface area contributed by atoms with Crippen molar-refractivity contribution in [2.45, 2.75) is 6.10 Å². The van der Waals surface area contributed by atoms with Crippen LogP contribution in [0.3, 0.4) is 0 Å². The molecule has 1 fully saturated rings. The quantitative estimate of drug-likeness (QED) is 0.735. The number of ether oxygens (including phenoxy) is 1. The summed E-state index contributed by atoms with van der Waals surface area (Å²) < 4.78 is 5.65. The van der Waals surface area contributed by atoms with E-state index in [0.29, 0.717) is 22.9 Å². The number of hydrogen-bond acceptors (Lipinski definition) is 6. The van der Waals surface area contributed by atoms with Gasteiger partial charge < -0.3 is 20.7 Å². The molecule has 1 unspecified atom stereocenters. The van der Waals surface area contributed by atoms with Crippen LogP contribution in [-0.2, 0) is 4.74 Å². The first kappa shape index (κ1) is 13.1. The molecule has 1 aliphatic heterocycles. The predicted octanol–water partition coefficient (Wildman–Crippen LogP) is -0.147. The lowest BCUT2D eigenvalue weighted by molar-refractivity contribution is -0.0117. The Bertz CT molecular complexity index is 428. The molecule has 0 bridgehead atoms. The molecule has 3 N–H and O–H groups in total. The smallest absolute Gasteiger partial charge is 0.159 e. The number of nitrogens with zero attached hydrogens (tertiary/aromatic N) is 3. The lowest BCUT2D eigenvalue weighted by atomic mass is 10.2. The van der Waals surface area contributed by atoms with Crippen molar-refractivity contribution in [3.8, 4) is 0 Å². The van der Waals surface area contributed by atoms with Crippen molar-refractivity contribution in [1.82, 2.24) is 15.1 Å². The second kappa shape index (κ2) is 6.03. The minimum Gasteiger partial charge on any atom is -0.389 e. The van der Waals surface area contributed by atoms with E-state index in [1.807, 2.05) is 0 Å². The molecule has 0 aromatic carbocycles. The van der Waals surface area contributed by atoms with Crippen molar-refractivity contribution in [1.29, 1.82) is 0 Å². The summed E-state index contributed by atoms with van der Waals surface area (Å²) in [6.07, 6.45) is 1.72. The topological polar surface area (TPSA) is 76.3 Å². The molecule has 0 saturated carbocycles. The zero-order valence-electron chi connectivity index (χ0n) is 10.3. The third-order valence-corrected chi connectivity index (χ3v) is 3.05. The molecule has 0 amide bonds. The maximum absolute atomic E-state index is 5.65. The summed E-state index contributed by atoms with van der Waals surface area (Å²) in [6, 6.07) is 1.76. The van der Waals surface area contributed by atoms with Gasteiger partial charge in [-0.2, -0.15) is 5.10 Å². The number of hydrogen-bond donors (Lipinski definition) is 2. The average Bonchev–Trinajstić information content (AvgIpc) is 2.37. The molecule has 6 nitrogen and oxygen atoms in total. The zero-order chi connectivity index (χ0) is 13.0. The molecular formula is C11H17N5OS. The Morgan fingerprint density at radius 3 is 3.28 bits per heavy atom. The van der Waals surface area contributed by atoms with Gasteiger partial charge in [0, 0.05) is 19.6 Å². The first-order valence-corrected chi connectivity index (χ1v) is 6.23. The molecular weight excluding hydrogens is 250 g/mol. The van der Waals surface area contributed by atoms with Gasteiger partial charge in [-0.1, -0.05) is 12.2 Å². The van der Waals surface area contributed by atoms with Crippen LogP contribution in [-0.4, -0.2) is 59.5 Å². The molecule has 2 heterocycles. The number of morpholine rings is 1. The van der Waals surface area contributed by atoms with E-state index in [1.165, 1.54) is 0 Å². The molecule has 0 aliphatic carbocycles. The van der Waals surface area contributed by atoms with E-state index >= 15 is 0 Å². The van der Waals surface area contributed by atoms with Crippen LogP contribution in [0.15, 0.2) is 12.3 Å². The number of likely N-dealkylation sites (N-methyl/N-ethyl adjacent to an activating group) is 1. The average molecular weight is 267 g/mol. The van der Waals surface area contributed by atoms with Crippen LogP contribution in [0.4, 0.5) is 5.82 Å². The largest absolute Gasteiger partial charge is 0.389 e. The van der Waals surface area contributed by atoms with Crippen molar-refractivity contribution >= 4 is 23.0 Å². The van der Waals surface area contributed by atoms with Crippen molar-refractivity contribution < 1.29 is 4.74 Å². The summed E-state index contributed by atoms with van der Waals surface area (Å²) in [7, 11) is 2.08. The molecule has 98 valence electrons. The standard InChI is InChI=1S/C11H17N5OS/c1-16-4-5-17-8(7-16)6-13-11-9(10(12)18)2-3-14-15-11/h2-3,8H,4-7H2,1H3,(H2,12,18)(H,13,15). The fraction of sp³-hybridized carbons (Fsp3) is 0.545. The van der Waals surface area contributed by atoms with Crippen LogP contribution in [0, 0.1) is 0 Å². The van der Waals surface area contributed by atoms with Gasteiger partial charge in [0.25, 0.3) is 0 Å². The van der Waals surface area contributed by atoms with Crippen LogP contribution in [0.25, 0.3) is 0 Å². The van der Waals surface area contributed by atoms with E-state index in [0.717, 1.165) is 19.7 Å². The number of nitrogens with one attached hydrogen (secondary N) is 1. The normalized spacial score (nSPS) is 20.6. The predicted molar refractivity (Wildman–Crippen MR) is 73.6 cm³/mol. The van der Waals surface area contributed by atoms with Crippen LogP contribution in [0.1, 0.15) is 5.56 Å². The molecule has 0 radical (unpaired) electrons. The Labute approximate surface area is 112 Å². The van der Waals surface area contributed by atoms with Gasteiger partial charge in [-0.3, -0.25) is 0 Å². The minimum absolute atomic E-state index is 0.143. The number of nitrogens with two attached hydrogens (primary N) is 1. The SMILES string of the molecule is CN1CCOC(CNc2nnccc2C(N)=S)C1. The number of aromatic nitrogens is 2. The van der Waals surface area contributed by atoms with E-state index < -0.39 is 0 Å². The summed E-state index contributed by atoms with van der Waals surface area (Å²) in [4.78, 5) is 2.55. The van der Waals surface area contributed by atoms with Gasteiger partial charge in [0.2, 0.25) is 0 Å². The summed E-state index contributed by atoms with van der Waals surface area (Å²) in [5, 5.41) is 11.0. The van der Waals surface area contributed by atoms with Crippen LogP contribution in [0.5, 0.6) is 0 Å². The molecule has 1 aromatic rings. The molecule has 2 rings (SSSR count). The van der Waals surface area contributed by atoms with Gasteiger partial charge in [0.1, 0.15) is 4.99 Å². The lowest BCUT2D eigenvalue weighted by Gasteiger charge is -2.30. The van der Waals surface area contributed by atoms with E-state index in [4.69, 9.17) is 22.7 Å². The summed E-state index contributed by atoms with van der Waals surface area (Å²) in [5.41, 5.74) is 6.34. The molecule has 18 heavy (non-hydrogen) atoms.